The Labute approximate surface area is 71.4 Å². The molecule has 0 aromatic rings. The molecule has 66 valence electrons. The van der Waals surface area contributed by atoms with Crippen molar-refractivity contribution in [3.8, 4) is 0 Å². The van der Waals surface area contributed by atoms with Crippen molar-refractivity contribution < 1.29 is 0 Å². The second kappa shape index (κ2) is 4.13. The van der Waals surface area contributed by atoms with Crippen LogP contribution in [0.2, 0.25) is 0 Å². The molecule has 1 fully saturated rings. The van der Waals surface area contributed by atoms with Gasteiger partial charge >= 0.3 is 0 Å². The first-order valence-electron chi connectivity index (χ1n) is 5.24. The lowest BCUT2D eigenvalue weighted by atomic mass is 9.75. The van der Waals surface area contributed by atoms with E-state index in [4.69, 9.17) is 0 Å². The predicted molar refractivity (Wildman–Crippen MR) is 50.6 cm³/mol. The minimum Gasteiger partial charge on any atom is -0.0651 e. The number of hydrogen-bond acceptors (Lipinski definition) is 0. The summed E-state index contributed by atoms with van der Waals surface area (Å²) in [7, 11) is 0. The minimum absolute atomic E-state index is 0.970. The lowest BCUT2D eigenvalue weighted by Gasteiger charge is -2.30. The fourth-order valence-electron chi connectivity index (χ4n) is 2.33. The second-order valence-corrected chi connectivity index (χ2v) is 4.42. The van der Waals surface area contributed by atoms with Gasteiger partial charge in [0.15, 0.2) is 0 Å². The van der Waals surface area contributed by atoms with Crippen molar-refractivity contribution in [3.05, 3.63) is 0 Å². The molecule has 0 radical (unpaired) electrons. The van der Waals surface area contributed by atoms with Crippen LogP contribution in [0.15, 0.2) is 0 Å². The van der Waals surface area contributed by atoms with Crippen molar-refractivity contribution in [1.82, 2.24) is 0 Å². The van der Waals surface area contributed by atoms with Gasteiger partial charge in [-0.2, -0.15) is 0 Å². The fourth-order valence-corrected chi connectivity index (χ4v) is 2.33. The van der Waals surface area contributed by atoms with Crippen LogP contribution in [0.3, 0.4) is 0 Å². The van der Waals surface area contributed by atoms with Gasteiger partial charge in [-0.15, -0.1) is 0 Å². The molecule has 0 aromatic carbocycles. The Balaban J connectivity index is 2.33. The van der Waals surface area contributed by atoms with Crippen LogP contribution in [0.5, 0.6) is 0 Å². The van der Waals surface area contributed by atoms with Gasteiger partial charge in [-0.3, -0.25) is 0 Å². The zero-order chi connectivity index (χ0) is 8.27. The van der Waals surface area contributed by atoms with Crippen LogP contribution in [0.25, 0.3) is 0 Å². The molecule has 0 amide bonds. The molecule has 0 spiro atoms. The molecule has 0 aliphatic heterocycles. The van der Waals surface area contributed by atoms with E-state index in [1.54, 1.807) is 0 Å². The molecule has 0 saturated heterocycles. The Morgan fingerprint density at radius 3 is 2.64 bits per heavy atom. The Bertz CT molecular complexity index is 107. The Hall–Kier alpha value is 0. The Morgan fingerprint density at radius 1 is 1.36 bits per heavy atom. The van der Waals surface area contributed by atoms with E-state index in [2.05, 4.69) is 20.8 Å². The Kier molecular flexibility index (Phi) is 3.42. The summed E-state index contributed by atoms with van der Waals surface area (Å²) in [6, 6.07) is 0. The van der Waals surface area contributed by atoms with Gasteiger partial charge in [-0.05, 0) is 24.2 Å². The fraction of sp³-hybridized carbons (Fsp3) is 1.00. The maximum absolute atomic E-state index is 2.42. The standard InChI is InChI=1S/C11H22/c1-4-10(3)11-7-5-6-9(2)8-11/h9-11H,4-8H2,1-3H3/t9?,10-,11-/m0/s1. The molecular formula is C11H22. The summed E-state index contributed by atoms with van der Waals surface area (Å²) in [4.78, 5) is 0. The van der Waals surface area contributed by atoms with Gasteiger partial charge in [0.25, 0.3) is 0 Å². The molecule has 0 heteroatoms. The van der Waals surface area contributed by atoms with Crippen molar-refractivity contribution >= 4 is 0 Å². The lowest BCUT2D eigenvalue weighted by molar-refractivity contribution is 0.211. The quantitative estimate of drug-likeness (QED) is 0.566. The van der Waals surface area contributed by atoms with Gasteiger partial charge in [-0.1, -0.05) is 46.5 Å². The minimum atomic E-state index is 0.970. The van der Waals surface area contributed by atoms with Crippen molar-refractivity contribution in [2.75, 3.05) is 0 Å². The first-order valence-corrected chi connectivity index (χ1v) is 5.24. The topological polar surface area (TPSA) is 0 Å². The maximum Gasteiger partial charge on any atom is -0.0386 e. The van der Waals surface area contributed by atoms with Gasteiger partial charge in [0.1, 0.15) is 0 Å². The van der Waals surface area contributed by atoms with Gasteiger partial charge in [0.05, 0.1) is 0 Å². The molecule has 3 atom stereocenters. The molecule has 0 heterocycles. The summed E-state index contributed by atoms with van der Waals surface area (Å²) in [6.45, 7) is 7.15. The molecule has 1 rings (SSSR count). The smallest absolute Gasteiger partial charge is 0.0386 e. The summed E-state index contributed by atoms with van der Waals surface area (Å²) in [5, 5.41) is 0. The lowest BCUT2D eigenvalue weighted by Crippen LogP contribution is -2.19. The monoisotopic (exact) mass is 154 g/mol. The highest BCUT2D eigenvalue weighted by Gasteiger charge is 2.22. The summed E-state index contributed by atoms with van der Waals surface area (Å²) in [5.74, 6) is 3.02. The zero-order valence-electron chi connectivity index (χ0n) is 8.27. The van der Waals surface area contributed by atoms with Crippen molar-refractivity contribution in [2.45, 2.75) is 52.9 Å². The number of hydrogen-bond donors (Lipinski definition) is 0. The molecule has 0 nitrogen and oxygen atoms in total. The van der Waals surface area contributed by atoms with E-state index in [0.29, 0.717) is 0 Å². The van der Waals surface area contributed by atoms with Crippen molar-refractivity contribution in [2.24, 2.45) is 17.8 Å². The third-order valence-corrected chi connectivity index (χ3v) is 3.43. The first-order chi connectivity index (χ1) is 5.24. The molecule has 1 unspecified atom stereocenters. The molecule has 0 bridgehead atoms. The molecule has 1 saturated carbocycles. The average molecular weight is 154 g/mol. The van der Waals surface area contributed by atoms with E-state index >= 15 is 0 Å². The predicted octanol–water partition coefficient (Wildman–Crippen LogP) is 3.86. The highest BCUT2D eigenvalue weighted by atomic mass is 14.3. The van der Waals surface area contributed by atoms with Crippen molar-refractivity contribution in [1.29, 1.82) is 0 Å². The van der Waals surface area contributed by atoms with Crippen LogP contribution in [-0.4, -0.2) is 0 Å². The van der Waals surface area contributed by atoms with E-state index in [1.165, 1.54) is 32.1 Å². The second-order valence-electron chi connectivity index (χ2n) is 4.42. The van der Waals surface area contributed by atoms with Gasteiger partial charge in [-0.25, -0.2) is 0 Å². The maximum atomic E-state index is 2.42. The molecule has 0 aromatic heterocycles. The average Bonchev–Trinajstić information content (AvgIpc) is 2.03. The SMILES string of the molecule is CC[C@H](C)[C@H]1CCCC(C)C1. The molecule has 0 N–H and O–H groups in total. The third-order valence-electron chi connectivity index (χ3n) is 3.43. The molecule has 1 aliphatic carbocycles. The Morgan fingerprint density at radius 2 is 2.09 bits per heavy atom. The van der Waals surface area contributed by atoms with E-state index in [9.17, 15) is 0 Å². The van der Waals surface area contributed by atoms with E-state index in [0.717, 1.165) is 17.8 Å². The molecular weight excluding hydrogens is 132 g/mol. The van der Waals surface area contributed by atoms with E-state index in [1.807, 2.05) is 0 Å². The van der Waals surface area contributed by atoms with Crippen LogP contribution in [0.1, 0.15) is 52.9 Å². The van der Waals surface area contributed by atoms with Gasteiger partial charge in [0, 0.05) is 0 Å². The van der Waals surface area contributed by atoms with Crippen LogP contribution < -0.4 is 0 Å². The molecule has 11 heavy (non-hydrogen) atoms. The zero-order valence-corrected chi connectivity index (χ0v) is 8.27. The van der Waals surface area contributed by atoms with Crippen LogP contribution >= 0.6 is 0 Å². The first kappa shape index (κ1) is 9.09. The summed E-state index contributed by atoms with van der Waals surface area (Å²) in [6.07, 6.45) is 7.33. The summed E-state index contributed by atoms with van der Waals surface area (Å²) >= 11 is 0. The highest BCUT2D eigenvalue weighted by Crippen LogP contribution is 2.34. The number of rotatable bonds is 2. The van der Waals surface area contributed by atoms with Crippen molar-refractivity contribution in [3.63, 3.8) is 0 Å². The summed E-state index contributed by atoms with van der Waals surface area (Å²) < 4.78 is 0. The normalized spacial score (nSPS) is 35.2. The van der Waals surface area contributed by atoms with E-state index < -0.39 is 0 Å². The van der Waals surface area contributed by atoms with Crippen LogP contribution in [0.4, 0.5) is 0 Å². The van der Waals surface area contributed by atoms with E-state index in [-0.39, 0.29) is 0 Å². The van der Waals surface area contributed by atoms with Gasteiger partial charge < -0.3 is 0 Å². The van der Waals surface area contributed by atoms with Crippen LogP contribution in [-0.2, 0) is 0 Å². The largest absolute Gasteiger partial charge is 0.0651 e. The third kappa shape index (κ3) is 2.50. The summed E-state index contributed by atoms with van der Waals surface area (Å²) in [5.41, 5.74) is 0. The highest BCUT2D eigenvalue weighted by molar-refractivity contribution is 4.73. The molecule has 1 aliphatic rings. The van der Waals surface area contributed by atoms with Gasteiger partial charge in [0.2, 0.25) is 0 Å². The van der Waals surface area contributed by atoms with Crippen LogP contribution in [0, 0.1) is 17.8 Å².